The van der Waals surface area contributed by atoms with Gasteiger partial charge in [-0.3, -0.25) is 0 Å². The van der Waals surface area contributed by atoms with Gasteiger partial charge < -0.3 is 15.2 Å². The van der Waals surface area contributed by atoms with Crippen LogP contribution in [0.25, 0.3) is 6.08 Å². The number of alkyl carbamates (subject to hydrolysis) is 1. The molecule has 0 bridgehead atoms. The zero-order chi connectivity index (χ0) is 16.8. The molecule has 0 aliphatic rings. The van der Waals surface area contributed by atoms with Crippen molar-refractivity contribution >= 4 is 18.1 Å². The number of carboxylic acid groups (broad SMARTS) is 1. The van der Waals surface area contributed by atoms with Crippen molar-refractivity contribution in [2.45, 2.75) is 32.8 Å². The first-order valence-electron chi connectivity index (χ1n) is 6.71. The Morgan fingerprint density at radius 3 is 2.73 bits per heavy atom. The van der Waals surface area contributed by atoms with Gasteiger partial charge in [-0.05, 0) is 38.8 Å². The van der Waals surface area contributed by atoms with Gasteiger partial charge >= 0.3 is 12.1 Å². The van der Waals surface area contributed by atoms with E-state index in [4.69, 9.17) is 9.84 Å². The first-order chi connectivity index (χ1) is 10.2. The molecule has 2 N–H and O–H groups in total. The number of ether oxygens (including phenoxy) is 1. The number of carboxylic acids is 1. The SMILES string of the molecule is CC(C)(C)OC(=O)NCCC=Cc1cnc(F)c(C(=O)O)c1. The Labute approximate surface area is 128 Å². The molecular weight excluding hydrogens is 291 g/mol. The van der Waals surface area contributed by atoms with Crippen LogP contribution in [-0.4, -0.2) is 34.3 Å². The Bertz CT molecular complexity index is 579. The number of nitrogens with zero attached hydrogens (tertiary/aromatic N) is 1. The molecule has 0 unspecified atom stereocenters. The highest BCUT2D eigenvalue weighted by molar-refractivity contribution is 5.88. The number of halogens is 1. The molecule has 0 radical (unpaired) electrons. The van der Waals surface area contributed by atoms with Crippen molar-refractivity contribution in [2.24, 2.45) is 0 Å². The molecule has 0 spiro atoms. The highest BCUT2D eigenvalue weighted by Gasteiger charge is 2.15. The number of amides is 1. The number of nitrogens with one attached hydrogen (secondary N) is 1. The van der Waals surface area contributed by atoms with Gasteiger partial charge in [0.2, 0.25) is 5.95 Å². The van der Waals surface area contributed by atoms with Crippen molar-refractivity contribution in [1.82, 2.24) is 10.3 Å². The highest BCUT2D eigenvalue weighted by atomic mass is 19.1. The van der Waals surface area contributed by atoms with Gasteiger partial charge in [-0.25, -0.2) is 14.6 Å². The fourth-order valence-electron chi connectivity index (χ4n) is 1.50. The van der Waals surface area contributed by atoms with E-state index in [9.17, 15) is 14.0 Å². The van der Waals surface area contributed by atoms with E-state index < -0.39 is 29.2 Å². The van der Waals surface area contributed by atoms with Gasteiger partial charge in [0.1, 0.15) is 11.2 Å². The Morgan fingerprint density at radius 2 is 2.14 bits per heavy atom. The van der Waals surface area contributed by atoms with Gasteiger partial charge in [0, 0.05) is 12.7 Å². The number of carbonyl (C=O) groups is 2. The second kappa shape index (κ2) is 7.53. The Hall–Kier alpha value is -2.44. The summed E-state index contributed by atoms with van der Waals surface area (Å²) in [6.45, 7) is 5.68. The smallest absolute Gasteiger partial charge is 0.407 e. The maximum atomic E-state index is 13.1. The first kappa shape index (κ1) is 17.6. The topological polar surface area (TPSA) is 88.5 Å². The molecule has 0 saturated carbocycles. The van der Waals surface area contributed by atoms with Gasteiger partial charge in [-0.2, -0.15) is 4.39 Å². The summed E-state index contributed by atoms with van der Waals surface area (Å²) in [5.74, 6) is -2.39. The number of pyridine rings is 1. The van der Waals surface area contributed by atoms with Crippen molar-refractivity contribution in [2.75, 3.05) is 6.54 Å². The lowest BCUT2D eigenvalue weighted by Crippen LogP contribution is -2.32. The minimum Gasteiger partial charge on any atom is -0.478 e. The summed E-state index contributed by atoms with van der Waals surface area (Å²) >= 11 is 0. The van der Waals surface area contributed by atoms with Crippen molar-refractivity contribution < 1.29 is 23.8 Å². The van der Waals surface area contributed by atoms with Crippen LogP contribution in [0.1, 0.15) is 43.1 Å². The summed E-state index contributed by atoms with van der Waals surface area (Å²) in [6.07, 6.45) is 4.57. The quantitative estimate of drug-likeness (QED) is 0.645. The molecule has 0 saturated heterocycles. The molecule has 0 aromatic carbocycles. The average Bonchev–Trinajstić information content (AvgIpc) is 2.37. The molecule has 0 atom stereocenters. The molecule has 1 amide bonds. The molecule has 0 fully saturated rings. The molecule has 120 valence electrons. The number of carbonyl (C=O) groups excluding carboxylic acids is 1. The minimum atomic E-state index is -1.37. The molecule has 1 aromatic heterocycles. The van der Waals surface area contributed by atoms with Crippen LogP contribution in [0.5, 0.6) is 0 Å². The van der Waals surface area contributed by atoms with E-state index in [1.165, 1.54) is 12.3 Å². The second-order valence-corrected chi connectivity index (χ2v) is 5.53. The fraction of sp³-hybridized carbons (Fsp3) is 0.400. The number of aromatic carboxylic acids is 1. The highest BCUT2D eigenvalue weighted by Crippen LogP contribution is 2.09. The van der Waals surface area contributed by atoms with Gasteiger partial charge in [-0.1, -0.05) is 12.2 Å². The third kappa shape index (κ3) is 6.34. The van der Waals surface area contributed by atoms with E-state index in [0.717, 1.165) is 0 Å². The Morgan fingerprint density at radius 1 is 1.45 bits per heavy atom. The molecule has 1 aromatic rings. The number of rotatable bonds is 5. The normalized spacial score (nSPS) is 11.5. The van der Waals surface area contributed by atoms with Crippen molar-refractivity contribution in [3.63, 3.8) is 0 Å². The predicted molar refractivity (Wildman–Crippen MR) is 79.0 cm³/mol. The van der Waals surface area contributed by atoms with Gasteiger partial charge in [0.15, 0.2) is 0 Å². The van der Waals surface area contributed by atoms with Gasteiger partial charge in [0.05, 0.1) is 0 Å². The molecule has 1 heterocycles. The third-order valence-electron chi connectivity index (χ3n) is 2.38. The van der Waals surface area contributed by atoms with E-state index in [1.54, 1.807) is 32.9 Å². The predicted octanol–water partition coefficient (Wildman–Crippen LogP) is 2.85. The summed E-state index contributed by atoms with van der Waals surface area (Å²) in [5, 5.41) is 11.4. The fourth-order valence-corrected chi connectivity index (χ4v) is 1.50. The molecule has 0 aliphatic heterocycles. The zero-order valence-electron chi connectivity index (χ0n) is 12.7. The van der Waals surface area contributed by atoms with Crippen LogP contribution < -0.4 is 5.32 Å². The maximum absolute atomic E-state index is 13.1. The summed E-state index contributed by atoms with van der Waals surface area (Å²) < 4.78 is 18.2. The standard InChI is InChI=1S/C15H19FN2O4/c1-15(2,3)22-14(21)17-7-5-4-6-10-8-11(13(19)20)12(16)18-9-10/h4,6,8-9H,5,7H2,1-3H3,(H,17,21)(H,19,20). The van der Waals surface area contributed by atoms with Gasteiger partial charge in [0.25, 0.3) is 0 Å². The van der Waals surface area contributed by atoms with E-state index in [-0.39, 0.29) is 0 Å². The minimum absolute atomic E-state index is 0.367. The molecular formula is C15H19FN2O4. The number of aromatic nitrogens is 1. The largest absolute Gasteiger partial charge is 0.478 e. The molecule has 6 nitrogen and oxygen atoms in total. The molecule has 22 heavy (non-hydrogen) atoms. The Kier molecular flexibility index (Phi) is 6.03. The summed E-state index contributed by atoms with van der Waals surface area (Å²) in [4.78, 5) is 25.5. The van der Waals surface area contributed by atoms with E-state index in [2.05, 4.69) is 10.3 Å². The van der Waals surface area contributed by atoms with Crippen LogP contribution in [0.4, 0.5) is 9.18 Å². The van der Waals surface area contributed by atoms with Crippen molar-refractivity contribution in [1.29, 1.82) is 0 Å². The van der Waals surface area contributed by atoms with Crippen molar-refractivity contribution in [3.05, 3.63) is 35.4 Å². The van der Waals surface area contributed by atoms with E-state index >= 15 is 0 Å². The first-order valence-corrected chi connectivity index (χ1v) is 6.71. The van der Waals surface area contributed by atoms with Crippen LogP contribution in [0.2, 0.25) is 0 Å². The molecule has 1 rings (SSSR count). The number of hydrogen-bond acceptors (Lipinski definition) is 4. The van der Waals surface area contributed by atoms with Crippen LogP contribution in [0.3, 0.4) is 0 Å². The Balaban J connectivity index is 2.45. The monoisotopic (exact) mass is 310 g/mol. The third-order valence-corrected chi connectivity index (χ3v) is 2.38. The zero-order valence-corrected chi connectivity index (χ0v) is 12.7. The lowest BCUT2D eigenvalue weighted by molar-refractivity contribution is 0.0528. The van der Waals surface area contributed by atoms with E-state index in [1.807, 2.05) is 0 Å². The summed E-state index contributed by atoms with van der Waals surface area (Å²) in [5.41, 5.74) is -0.558. The van der Waals surface area contributed by atoms with Crippen LogP contribution in [0.15, 0.2) is 18.3 Å². The molecule has 7 heteroatoms. The average molecular weight is 310 g/mol. The lowest BCUT2D eigenvalue weighted by Gasteiger charge is -2.19. The van der Waals surface area contributed by atoms with Crippen LogP contribution in [0, 0.1) is 5.95 Å². The lowest BCUT2D eigenvalue weighted by atomic mass is 10.2. The summed E-state index contributed by atoms with van der Waals surface area (Å²) in [6, 6.07) is 1.20. The van der Waals surface area contributed by atoms with Gasteiger partial charge in [-0.15, -0.1) is 0 Å². The summed E-state index contributed by atoms with van der Waals surface area (Å²) in [7, 11) is 0. The molecule has 0 aliphatic carbocycles. The maximum Gasteiger partial charge on any atom is 0.407 e. The van der Waals surface area contributed by atoms with Crippen LogP contribution >= 0.6 is 0 Å². The van der Waals surface area contributed by atoms with Crippen molar-refractivity contribution in [3.8, 4) is 0 Å². The number of hydrogen-bond donors (Lipinski definition) is 2. The van der Waals surface area contributed by atoms with Crippen LogP contribution in [-0.2, 0) is 4.74 Å². The van der Waals surface area contributed by atoms with E-state index in [0.29, 0.717) is 18.5 Å². The second-order valence-electron chi connectivity index (χ2n) is 5.53.